The van der Waals surface area contributed by atoms with Gasteiger partial charge in [0, 0.05) is 12.1 Å². The van der Waals surface area contributed by atoms with Gasteiger partial charge in [-0.2, -0.15) is 8.78 Å². The van der Waals surface area contributed by atoms with Gasteiger partial charge in [0.1, 0.15) is 52.0 Å². The number of benzene rings is 5. The molecule has 5 aromatic carbocycles. The van der Waals surface area contributed by atoms with E-state index in [0.717, 1.165) is 18.2 Å². The first kappa shape index (κ1) is 35.5. The monoisotopic (exact) mass is 712 g/mol. The van der Waals surface area contributed by atoms with Gasteiger partial charge in [-0.05, 0) is 90.6 Å². The molecule has 0 aliphatic carbocycles. The van der Waals surface area contributed by atoms with Crippen molar-refractivity contribution in [2.45, 2.75) is 25.9 Å². The van der Waals surface area contributed by atoms with Crippen molar-refractivity contribution < 1.29 is 53.0 Å². The minimum atomic E-state index is -4.73. The third-order valence-corrected chi connectivity index (χ3v) is 7.66. The van der Waals surface area contributed by atoms with Gasteiger partial charge >= 0.3 is 6.11 Å². The van der Waals surface area contributed by atoms with Gasteiger partial charge in [0.25, 0.3) is 0 Å². The molecule has 5 rings (SSSR count). The molecule has 0 bridgehead atoms. The van der Waals surface area contributed by atoms with Crippen LogP contribution in [0.3, 0.4) is 0 Å². The van der Waals surface area contributed by atoms with E-state index in [-0.39, 0.29) is 18.2 Å². The third kappa shape index (κ3) is 7.29. The van der Waals surface area contributed by atoms with Crippen LogP contribution in [0, 0.1) is 52.4 Å². The SMILES string of the molecule is C/C=C/CCc1cc(F)c(-c2cc(F)c(-c3cc(F)c(C(F)(F)Oc4cc(F)c(-c5ccc(F)c(F)c5)c(F)c4)c(Cl)c3)c(F)c2)c(F)c1. The minimum Gasteiger partial charge on any atom is -0.429 e. The van der Waals surface area contributed by atoms with Crippen LogP contribution in [0.1, 0.15) is 24.5 Å². The van der Waals surface area contributed by atoms with Gasteiger partial charge in [-0.15, -0.1) is 0 Å². The molecule has 0 atom stereocenters. The van der Waals surface area contributed by atoms with Crippen molar-refractivity contribution in [2.24, 2.45) is 0 Å². The van der Waals surface area contributed by atoms with Gasteiger partial charge in [-0.3, -0.25) is 0 Å². The van der Waals surface area contributed by atoms with Crippen molar-refractivity contribution in [1.29, 1.82) is 0 Å². The fraction of sp³-hybridized carbons (Fsp3) is 0.111. The topological polar surface area (TPSA) is 9.23 Å². The Morgan fingerprint density at radius 1 is 0.571 bits per heavy atom. The molecule has 5 aromatic rings. The van der Waals surface area contributed by atoms with Crippen LogP contribution in [0.15, 0.2) is 78.9 Å². The highest BCUT2D eigenvalue weighted by atomic mass is 35.5. The molecule has 0 saturated heterocycles. The summed E-state index contributed by atoms with van der Waals surface area (Å²) >= 11 is 5.90. The molecule has 0 aliphatic heterocycles. The maximum atomic E-state index is 15.2. The summed E-state index contributed by atoms with van der Waals surface area (Å²) in [5, 5.41) is -1.12. The lowest BCUT2D eigenvalue weighted by Crippen LogP contribution is -2.24. The number of halogens is 12. The van der Waals surface area contributed by atoms with Crippen molar-refractivity contribution >= 4 is 11.6 Å². The van der Waals surface area contributed by atoms with E-state index < -0.39 is 108 Å². The van der Waals surface area contributed by atoms with Crippen LogP contribution in [0.25, 0.3) is 33.4 Å². The lowest BCUT2D eigenvalue weighted by atomic mass is 9.96. The molecule has 0 radical (unpaired) electrons. The van der Waals surface area contributed by atoms with E-state index in [1.807, 2.05) is 0 Å². The smallest absolute Gasteiger partial charge is 0.429 e. The summed E-state index contributed by atoms with van der Waals surface area (Å²) in [6, 6.07) is 6.50. The number of allylic oxidation sites excluding steroid dienone is 2. The molecule has 0 unspecified atom stereocenters. The largest absolute Gasteiger partial charge is 0.431 e. The summed E-state index contributed by atoms with van der Waals surface area (Å²) in [5.41, 5.74) is -5.66. The Bertz CT molecular complexity index is 2020. The molecule has 0 amide bonds. The third-order valence-electron chi connectivity index (χ3n) is 7.36. The zero-order chi connectivity index (χ0) is 35.8. The highest BCUT2D eigenvalue weighted by molar-refractivity contribution is 6.31. The Morgan fingerprint density at radius 3 is 1.57 bits per heavy atom. The normalized spacial score (nSPS) is 11.9. The van der Waals surface area contributed by atoms with Crippen LogP contribution in [0.4, 0.5) is 48.3 Å². The molecule has 49 heavy (non-hydrogen) atoms. The highest BCUT2D eigenvalue weighted by Gasteiger charge is 2.41. The Kier molecular flexibility index (Phi) is 10.1. The van der Waals surface area contributed by atoms with E-state index in [1.165, 1.54) is 0 Å². The van der Waals surface area contributed by atoms with Crippen molar-refractivity contribution in [2.75, 3.05) is 0 Å². The highest BCUT2D eigenvalue weighted by Crippen LogP contribution is 2.42. The van der Waals surface area contributed by atoms with Gasteiger partial charge in [0.05, 0.1) is 21.7 Å². The van der Waals surface area contributed by atoms with E-state index in [0.29, 0.717) is 48.7 Å². The Hall–Kier alpha value is -4.84. The number of ether oxygens (including phenoxy) is 1. The molecule has 13 heteroatoms. The number of rotatable bonds is 9. The number of alkyl halides is 2. The van der Waals surface area contributed by atoms with Crippen LogP contribution < -0.4 is 4.74 Å². The predicted molar refractivity (Wildman–Crippen MR) is 161 cm³/mol. The van der Waals surface area contributed by atoms with Gasteiger partial charge in [0.15, 0.2) is 11.6 Å². The molecular weight excluding hydrogens is 693 g/mol. The fourth-order valence-electron chi connectivity index (χ4n) is 5.19. The molecule has 1 nitrogen and oxygen atoms in total. The lowest BCUT2D eigenvalue weighted by Gasteiger charge is -2.21. The second-order valence-corrected chi connectivity index (χ2v) is 11.1. The van der Waals surface area contributed by atoms with E-state index in [4.69, 9.17) is 11.6 Å². The molecule has 254 valence electrons. The summed E-state index contributed by atoms with van der Waals surface area (Å²) < 4.78 is 166. The lowest BCUT2D eigenvalue weighted by molar-refractivity contribution is -0.187. The average molecular weight is 713 g/mol. The van der Waals surface area contributed by atoms with E-state index >= 15 is 22.0 Å². The Morgan fingerprint density at radius 2 is 1.04 bits per heavy atom. The summed E-state index contributed by atoms with van der Waals surface area (Å²) in [6.45, 7) is 1.77. The number of hydrogen-bond donors (Lipinski definition) is 0. The van der Waals surface area contributed by atoms with Gasteiger partial charge in [-0.25, -0.2) is 39.5 Å². The fourth-order valence-corrected chi connectivity index (χ4v) is 5.50. The van der Waals surface area contributed by atoms with Crippen LogP contribution in [0.5, 0.6) is 5.75 Å². The molecule has 0 fully saturated rings. The molecule has 0 saturated carbocycles. The maximum absolute atomic E-state index is 15.2. The Labute approximate surface area is 276 Å². The number of hydrogen-bond acceptors (Lipinski definition) is 1. The summed E-state index contributed by atoms with van der Waals surface area (Å²) in [6.07, 6.45) is -0.389. The summed E-state index contributed by atoms with van der Waals surface area (Å²) in [7, 11) is 0. The summed E-state index contributed by atoms with van der Waals surface area (Å²) in [5.74, 6) is -13.9. The predicted octanol–water partition coefficient (Wildman–Crippen LogP) is 12.2. The zero-order valence-electron chi connectivity index (χ0n) is 24.9. The van der Waals surface area contributed by atoms with Gasteiger partial charge in [0.2, 0.25) is 0 Å². The van der Waals surface area contributed by atoms with Gasteiger partial charge < -0.3 is 4.74 Å². The number of aryl methyl sites for hydroxylation is 1. The second-order valence-electron chi connectivity index (χ2n) is 10.7. The van der Waals surface area contributed by atoms with E-state index in [2.05, 4.69) is 4.74 Å². The Balaban J connectivity index is 1.45. The van der Waals surface area contributed by atoms with Crippen molar-refractivity contribution in [3.63, 3.8) is 0 Å². The van der Waals surface area contributed by atoms with Crippen LogP contribution in [-0.4, -0.2) is 0 Å². The van der Waals surface area contributed by atoms with Crippen LogP contribution >= 0.6 is 11.6 Å². The van der Waals surface area contributed by atoms with E-state index in [9.17, 15) is 26.3 Å². The first-order chi connectivity index (χ1) is 23.1. The zero-order valence-corrected chi connectivity index (χ0v) is 25.6. The molecule has 0 aromatic heterocycles. The minimum absolute atomic E-state index is 0.281. The summed E-state index contributed by atoms with van der Waals surface area (Å²) in [4.78, 5) is 0. The van der Waals surface area contributed by atoms with Crippen molar-refractivity contribution in [3.8, 4) is 39.1 Å². The van der Waals surface area contributed by atoms with Crippen molar-refractivity contribution in [1.82, 2.24) is 0 Å². The second kappa shape index (κ2) is 13.9. The van der Waals surface area contributed by atoms with E-state index in [1.54, 1.807) is 19.1 Å². The first-order valence-electron chi connectivity index (χ1n) is 14.2. The van der Waals surface area contributed by atoms with Crippen LogP contribution in [0.2, 0.25) is 5.02 Å². The quantitative estimate of drug-likeness (QED) is 0.109. The molecule has 0 N–H and O–H groups in total. The average Bonchev–Trinajstić information content (AvgIpc) is 2.97. The van der Waals surface area contributed by atoms with Crippen molar-refractivity contribution in [3.05, 3.63) is 147 Å². The molecular formula is C36H20ClF11O. The molecule has 0 heterocycles. The standard InChI is InChI=1S/C36H20ClF11O/c1-2-3-4-5-17-8-25(40)34(26(41)9-17)20-12-27(42)33(28(43)13-20)19-10-22(37)35(31(46)14-19)36(47,48)49-21-15-29(44)32(30(45)16-21)18-6-7-23(38)24(39)11-18/h2-3,6-16H,4-5H2,1H3/b3-2+. The maximum Gasteiger partial charge on any atom is 0.431 e. The van der Waals surface area contributed by atoms with Gasteiger partial charge in [-0.1, -0.05) is 29.8 Å². The molecule has 0 aliphatic rings. The first-order valence-corrected chi connectivity index (χ1v) is 14.6. The van der Waals surface area contributed by atoms with Crippen LogP contribution in [-0.2, 0) is 12.5 Å². The molecule has 0 spiro atoms.